The summed E-state index contributed by atoms with van der Waals surface area (Å²) in [5.74, 6) is 0.824. The van der Waals surface area contributed by atoms with Crippen LogP contribution in [0.5, 0.6) is 5.75 Å². The summed E-state index contributed by atoms with van der Waals surface area (Å²) in [7, 11) is 1.67. The molecule has 0 fully saturated rings. The van der Waals surface area contributed by atoms with Crippen LogP contribution in [0, 0.1) is 0 Å². The lowest BCUT2D eigenvalue weighted by Gasteiger charge is -2.23. The highest BCUT2D eigenvalue weighted by Crippen LogP contribution is 2.41. The second-order valence-electron chi connectivity index (χ2n) is 5.45. The van der Waals surface area contributed by atoms with Gasteiger partial charge in [-0.1, -0.05) is 13.0 Å². The lowest BCUT2D eigenvalue weighted by molar-refractivity contribution is 0.0396. The van der Waals surface area contributed by atoms with E-state index in [0.717, 1.165) is 30.6 Å². The van der Waals surface area contributed by atoms with Gasteiger partial charge >= 0.3 is 0 Å². The molecule has 1 unspecified atom stereocenters. The third kappa shape index (κ3) is 2.36. The van der Waals surface area contributed by atoms with E-state index in [1.807, 2.05) is 23.5 Å². The Bertz CT molecular complexity index is 617. The summed E-state index contributed by atoms with van der Waals surface area (Å²) < 4.78 is 5.30. The highest BCUT2D eigenvalue weighted by atomic mass is 32.1. The minimum absolute atomic E-state index is 0.706. The molecular formula is C17H20O2S. The van der Waals surface area contributed by atoms with Gasteiger partial charge in [0.25, 0.3) is 0 Å². The Morgan fingerprint density at radius 1 is 1.25 bits per heavy atom. The smallest absolute Gasteiger partial charge is 0.119 e. The van der Waals surface area contributed by atoms with Gasteiger partial charge in [-0.25, -0.2) is 0 Å². The number of fused-ring (bicyclic) bond motifs is 1. The molecule has 106 valence electrons. The number of rotatable bonds is 4. The van der Waals surface area contributed by atoms with Gasteiger partial charge in [0.2, 0.25) is 0 Å². The van der Waals surface area contributed by atoms with Crippen LogP contribution in [0.15, 0.2) is 30.3 Å². The molecule has 2 aromatic rings. The lowest BCUT2D eigenvalue weighted by atomic mass is 9.91. The van der Waals surface area contributed by atoms with E-state index in [-0.39, 0.29) is 0 Å². The van der Waals surface area contributed by atoms with E-state index in [9.17, 15) is 5.11 Å². The molecule has 1 heterocycles. The van der Waals surface area contributed by atoms with Gasteiger partial charge in [0.05, 0.1) is 12.7 Å². The molecule has 2 nitrogen and oxygen atoms in total. The van der Waals surface area contributed by atoms with E-state index in [2.05, 4.69) is 25.1 Å². The van der Waals surface area contributed by atoms with Gasteiger partial charge in [0.15, 0.2) is 0 Å². The van der Waals surface area contributed by atoms with Gasteiger partial charge in [-0.2, -0.15) is 0 Å². The fraction of sp³-hybridized carbons (Fsp3) is 0.412. The zero-order valence-electron chi connectivity index (χ0n) is 12.0. The van der Waals surface area contributed by atoms with Crippen LogP contribution in [0.4, 0.5) is 0 Å². The number of thiophene rings is 1. The van der Waals surface area contributed by atoms with Gasteiger partial charge in [-0.3, -0.25) is 0 Å². The van der Waals surface area contributed by atoms with Crippen molar-refractivity contribution in [3.05, 3.63) is 51.2 Å². The number of aryl methyl sites for hydroxylation is 2. The minimum Gasteiger partial charge on any atom is -0.497 e. The number of aliphatic hydroxyl groups is 1. The molecule has 0 radical (unpaired) electrons. The summed E-state index contributed by atoms with van der Waals surface area (Å²) in [6, 6.07) is 10.4. The molecule has 1 aliphatic carbocycles. The number of methoxy groups -OCH3 is 1. The summed E-state index contributed by atoms with van der Waals surface area (Å²) in [4.78, 5) is 2.65. The Morgan fingerprint density at radius 2 is 2.05 bits per heavy atom. The Kier molecular flexibility index (Phi) is 3.57. The molecule has 0 aliphatic heterocycles. The van der Waals surface area contributed by atoms with Gasteiger partial charge < -0.3 is 9.84 Å². The van der Waals surface area contributed by atoms with E-state index in [0.29, 0.717) is 6.42 Å². The fourth-order valence-corrected chi connectivity index (χ4v) is 4.05. The van der Waals surface area contributed by atoms with Gasteiger partial charge in [-0.15, -0.1) is 11.3 Å². The topological polar surface area (TPSA) is 29.5 Å². The Hall–Kier alpha value is -1.32. The molecule has 0 bridgehead atoms. The van der Waals surface area contributed by atoms with Crippen LogP contribution >= 0.6 is 11.3 Å². The first-order chi connectivity index (χ1) is 9.64. The number of benzene rings is 1. The number of hydrogen-bond donors (Lipinski definition) is 1. The van der Waals surface area contributed by atoms with Crippen molar-refractivity contribution in [2.24, 2.45) is 0 Å². The zero-order chi connectivity index (χ0) is 14.2. The van der Waals surface area contributed by atoms with E-state index < -0.39 is 5.60 Å². The van der Waals surface area contributed by atoms with Gasteiger partial charge in [0.1, 0.15) is 5.75 Å². The van der Waals surface area contributed by atoms with Crippen molar-refractivity contribution in [1.29, 1.82) is 0 Å². The first kappa shape index (κ1) is 13.7. The van der Waals surface area contributed by atoms with E-state index >= 15 is 0 Å². The average molecular weight is 288 g/mol. The molecule has 1 atom stereocenters. The number of ether oxygens (including phenoxy) is 1. The third-order valence-corrected chi connectivity index (χ3v) is 5.39. The normalized spacial score (nSPS) is 20.9. The Labute approximate surface area is 124 Å². The second kappa shape index (κ2) is 5.23. The van der Waals surface area contributed by atoms with Crippen molar-refractivity contribution < 1.29 is 9.84 Å². The van der Waals surface area contributed by atoms with E-state index in [4.69, 9.17) is 4.74 Å². The molecule has 1 aliphatic rings. The largest absolute Gasteiger partial charge is 0.497 e. The monoisotopic (exact) mass is 288 g/mol. The van der Waals surface area contributed by atoms with Crippen molar-refractivity contribution in [2.75, 3.05) is 7.11 Å². The summed E-state index contributed by atoms with van der Waals surface area (Å²) in [6.45, 7) is 2.17. The van der Waals surface area contributed by atoms with E-state index in [1.165, 1.54) is 15.3 Å². The van der Waals surface area contributed by atoms with Crippen LogP contribution in [0.1, 0.15) is 34.2 Å². The minimum atomic E-state index is -0.736. The first-order valence-electron chi connectivity index (χ1n) is 7.12. The molecule has 0 saturated heterocycles. The van der Waals surface area contributed by atoms with Crippen LogP contribution in [0.2, 0.25) is 0 Å². The molecule has 3 heteroatoms. The molecule has 1 N–H and O–H groups in total. The van der Waals surface area contributed by atoms with Crippen molar-refractivity contribution in [3.63, 3.8) is 0 Å². The molecular weight excluding hydrogens is 268 g/mol. The Balaban J connectivity index is 1.90. The quantitative estimate of drug-likeness (QED) is 0.929. The van der Waals surface area contributed by atoms with Crippen molar-refractivity contribution in [3.8, 4) is 5.75 Å². The highest BCUT2D eigenvalue weighted by Gasteiger charge is 2.37. The van der Waals surface area contributed by atoms with E-state index in [1.54, 1.807) is 7.11 Å². The molecule has 20 heavy (non-hydrogen) atoms. The lowest BCUT2D eigenvalue weighted by Crippen LogP contribution is -2.24. The molecule has 3 rings (SSSR count). The second-order valence-corrected chi connectivity index (χ2v) is 6.71. The van der Waals surface area contributed by atoms with Crippen molar-refractivity contribution in [2.45, 2.75) is 38.2 Å². The zero-order valence-corrected chi connectivity index (χ0v) is 12.8. The highest BCUT2D eigenvalue weighted by molar-refractivity contribution is 7.12. The summed E-state index contributed by atoms with van der Waals surface area (Å²) in [5.41, 5.74) is 1.56. The summed E-state index contributed by atoms with van der Waals surface area (Å²) >= 11 is 1.81. The maximum atomic E-state index is 11.0. The fourth-order valence-electron chi connectivity index (χ4n) is 2.99. The van der Waals surface area contributed by atoms with Crippen LogP contribution in [0.3, 0.4) is 0 Å². The standard InChI is InChI=1S/C17H20O2S/c1-3-14-6-7-15(20-14)11-17(18)9-8-12-4-5-13(19-2)10-16(12)17/h4-7,10,18H,3,8-9,11H2,1-2H3. The molecule has 1 aromatic heterocycles. The predicted octanol–water partition coefficient (Wildman–Crippen LogP) is 3.70. The molecule has 1 aromatic carbocycles. The van der Waals surface area contributed by atoms with Crippen LogP contribution in [0.25, 0.3) is 0 Å². The number of hydrogen-bond acceptors (Lipinski definition) is 3. The molecule has 0 spiro atoms. The predicted molar refractivity (Wildman–Crippen MR) is 82.6 cm³/mol. The van der Waals surface area contributed by atoms with Crippen LogP contribution in [-0.4, -0.2) is 12.2 Å². The SMILES string of the molecule is CCc1ccc(CC2(O)CCc3ccc(OC)cc32)s1. The van der Waals surface area contributed by atoms with Crippen molar-refractivity contribution >= 4 is 11.3 Å². The third-order valence-electron chi connectivity index (χ3n) is 4.16. The van der Waals surface area contributed by atoms with Crippen LogP contribution in [-0.2, 0) is 24.9 Å². The Morgan fingerprint density at radius 3 is 2.75 bits per heavy atom. The summed E-state index contributed by atoms with van der Waals surface area (Å²) in [5, 5.41) is 11.0. The van der Waals surface area contributed by atoms with Gasteiger partial charge in [0, 0.05) is 16.2 Å². The molecule has 0 saturated carbocycles. The average Bonchev–Trinajstić information content (AvgIpc) is 3.04. The van der Waals surface area contributed by atoms with Crippen molar-refractivity contribution in [1.82, 2.24) is 0 Å². The van der Waals surface area contributed by atoms with Crippen LogP contribution < -0.4 is 4.74 Å². The first-order valence-corrected chi connectivity index (χ1v) is 7.93. The van der Waals surface area contributed by atoms with Gasteiger partial charge in [-0.05, 0) is 54.7 Å². The maximum Gasteiger partial charge on any atom is 0.119 e. The molecule has 0 amide bonds. The maximum absolute atomic E-state index is 11.0. The summed E-state index contributed by atoms with van der Waals surface area (Å²) in [6.07, 6.45) is 3.52.